The van der Waals surface area contributed by atoms with Crippen molar-refractivity contribution in [1.29, 1.82) is 0 Å². The maximum Gasteiger partial charge on any atom is 0.0728 e. The van der Waals surface area contributed by atoms with Crippen molar-refractivity contribution >= 4 is 0 Å². The standard InChI is InChI=1S/C14H29NO/c1-4-9-15-13(11-12(5-2)6-3)14-8-7-10-16-14/h12-15H,4-11H2,1-3H3. The van der Waals surface area contributed by atoms with Crippen LogP contribution in [0.5, 0.6) is 0 Å². The van der Waals surface area contributed by atoms with Crippen LogP contribution in [0.3, 0.4) is 0 Å². The summed E-state index contributed by atoms with van der Waals surface area (Å²) in [5.41, 5.74) is 0. The summed E-state index contributed by atoms with van der Waals surface area (Å²) in [5.74, 6) is 0.860. The zero-order valence-corrected chi connectivity index (χ0v) is 11.3. The highest BCUT2D eigenvalue weighted by atomic mass is 16.5. The van der Waals surface area contributed by atoms with Gasteiger partial charge >= 0.3 is 0 Å². The van der Waals surface area contributed by atoms with E-state index in [2.05, 4.69) is 26.1 Å². The van der Waals surface area contributed by atoms with Gasteiger partial charge in [-0.05, 0) is 38.1 Å². The minimum absolute atomic E-state index is 0.479. The van der Waals surface area contributed by atoms with E-state index in [1.807, 2.05) is 0 Å². The lowest BCUT2D eigenvalue weighted by atomic mass is 9.91. The molecular weight excluding hydrogens is 198 g/mol. The fraction of sp³-hybridized carbons (Fsp3) is 1.00. The van der Waals surface area contributed by atoms with Crippen LogP contribution in [0, 0.1) is 5.92 Å². The lowest BCUT2D eigenvalue weighted by Crippen LogP contribution is -2.41. The smallest absolute Gasteiger partial charge is 0.0728 e. The maximum absolute atomic E-state index is 5.84. The number of nitrogens with one attached hydrogen (secondary N) is 1. The van der Waals surface area contributed by atoms with E-state index in [1.165, 1.54) is 38.5 Å². The Morgan fingerprint density at radius 2 is 2.00 bits per heavy atom. The third-order valence-electron chi connectivity index (χ3n) is 3.81. The SMILES string of the molecule is CCCNC(CC(CC)CC)C1CCCO1. The molecule has 0 bridgehead atoms. The predicted molar refractivity (Wildman–Crippen MR) is 69.7 cm³/mol. The molecule has 1 heterocycles. The number of hydrogen-bond donors (Lipinski definition) is 1. The van der Waals surface area contributed by atoms with Crippen LogP contribution >= 0.6 is 0 Å². The molecule has 2 nitrogen and oxygen atoms in total. The molecule has 0 aromatic heterocycles. The number of rotatable bonds is 8. The van der Waals surface area contributed by atoms with Crippen LogP contribution in [0.4, 0.5) is 0 Å². The monoisotopic (exact) mass is 227 g/mol. The number of ether oxygens (including phenoxy) is 1. The average Bonchev–Trinajstić information content (AvgIpc) is 2.83. The Balaban J connectivity index is 2.41. The van der Waals surface area contributed by atoms with E-state index in [0.717, 1.165) is 19.1 Å². The van der Waals surface area contributed by atoms with Gasteiger partial charge in [0.25, 0.3) is 0 Å². The largest absolute Gasteiger partial charge is 0.377 e. The van der Waals surface area contributed by atoms with Gasteiger partial charge in [0.15, 0.2) is 0 Å². The Labute approximate surface area is 101 Å². The first-order chi connectivity index (χ1) is 7.81. The van der Waals surface area contributed by atoms with Crippen LogP contribution in [-0.2, 0) is 4.74 Å². The van der Waals surface area contributed by atoms with E-state index in [-0.39, 0.29) is 0 Å². The second-order valence-electron chi connectivity index (χ2n) is 5.03. The van der Waals surface area contributed by atoms with E-state index >= 15 is 0 Å². The molecule has 2 heteroatoms. The minimum Gasteiger partial charge on any atom is -0.377 e. The Bertz CT molecular complexity index is 162. The summed E-state index contributed by atoms with van der Waals surface area (Å²) in [4.78, 5) is 0. The molecule has 1 rings (SSSR count). The van der Waals surface area contributed by atoms with Crippen LogP contribution in [0.25, 0.3) is 0 Å². The predicted octanol–water partition coefficient (Wildman–Crippen LogP) is 3.36. The average molecular weight is 227 g/mol. The topological polar surface area (TPSA) is 21.3 Å². The van der Waals surface area contributed by atoms with Gasteiger partial charge in [-0.15, -0.1) is 0 Å². The molecule has 0 aromatic rings. The first-order valence-corrected chi connectivity index (χ1v) is 7.16. The zero-order chi connectivity index (χ0) is 11.8. The van der Waals surface area contributed by atoms with Crippen molar-refractivity contribution in [3.8, 4) is 0 Å². The minimum atomic E-state index is 0.479. The van der Waals surface area contributed by atoms with E-state index in [9.17, 15) is 0 Å². The Kier molecular flexibility index (Phi) is 7.06. The van der Waals surface area contributed by atoms with E-state index < -0.39 is 0 Å². The molecule has 2 atom stereocenters. The summed E-state index contributed by atoms with van der Waals surface area (Å²) in [6.07, 6.45) is 8.08. The van der Waals surface area contributed by atoms with Gasteiger partial charge in [0.2, 0.25) is 0 Å². The summed E-state index contributed by atoms with van der Waals surface area (Å²) >= 11 is 0. The highest BCUT2D eigenvalue weighted by molar-refractivity contribution is 4.82. The van der Waals surface area contributed by atoms with Crippen molar-refractivity contribution in [3.63, 3.8) is 0 Å². The quantitative estimate of drug-likeness (QED) is 0.686. The molecule has 1 aliphatic heterocycles. The Morgan fingerprint density at radius 1 is 1.25 bits per heavy atom. The van der Waals surface area contributed by atoms with Gasteiger partial charge in [-0.3, -0.25) is 0 Å². The van der Waals surface area contributed by atoms with Crippen molar-refractivity contribution in [3.05, 3.63) is 0 Å². The molecule has 1 fully saturated rings. The van der Waals surface area contributed by atoms with Crippen molar-refractivity contribution in [2.45, 2.75) is 71.4 Å². The van der Waals surface area contributed by atoms with E-state index in [4.69, 9.17) is 4.74 Å². The molecule has 2 unspecified atom stereocenters. The fourth-order valence-electron chi connectivity index (χ4n) is 2.60. The van der Waals surface area contributed by atoms with Crippen molar-refractivity contribution < 1.29 is 4.74 Å². The van der Waals surface area contributed by atoms with Crippen molar-refractivity contribution in [1.82, 2.24) is 5.32 Å². The highest BCUT2D eigenvalue weighted by Crippen LogP contribution is 2.23. The van der Waals surface area contributed by atoms with Crippen LogP contribution in [0.1, 0.15) is 59.3 Å². The summed E-state index contributed by atoms with van der Waals surface area (Å²) in [7, 11) is 0. The fourth-order valence-corrected chi connectivity index (χ4v) is 2.60. The Hall–Kier alpha value is -0.0800. The van der Waals surface area contributed by atoms with E-state index in [0.29, 0.717) is 12.1 Å². The normalized spacial score (nSPS) is 22.9. The molecule has 16 heavy (non-hydrogen) atoms. The third-order valence-corrected chi connectivity index (χ3v) is 3.81. The number of hydrogen-bond acceptors (Lipinski definition) is 2. The first kappa shape index (κ1) is 14.0. The summed E-state index contributed by atoms with van der Waals surface area (Å²) in [5, 5.41) is 3.69. The maximum atomic E-state index is 5.84. The van der Waals surface area contributed by atoms with Gasteiger partial charge in [0.05, 0.1) is 6.10 Å². The second kappa shape index (κ2) is 8.08. The zero-order valence-electron chi connectivity index (χ0n) is 11.3. The van der Waals surface area contributed by atoms with Crippen LogP contribution in [-0.4, -0.2) is 25.3 Å². The molecular formula is C14H29NO. The summed E-state index contributed by atoms with van der Waals surface area (Å²) in [6, 6.07) is 0.590. The second-order valence-corrected chi connectivity index (χ2v) is 5.03. The molecule has 96 valence electrons. The molecule has 0 spiro atoms. The summed E-state index contributed by atoms with van der Waals surface area (Å²) < 4.78 is 5.84. The Morgan fingerprint density at radius 3 is 2.50 bits per heavy atom. The molecule has 0 aliphatic carbocycles. The van der Waals surface area contributed by atoms with Gasteiger partial charge in [0.1, 0.15) is 0 Å². The van der Waals surface area contributed by atoms with Crippen LogP contribution in [0.2, 0.25) is 0 Å². The van der Waals surface area contributed by atoms with Gasteiger partial charge in [0, 0.05) is 12.6 Å². The molecule has 0 amide bonds. The molecule has 0 radical (unpaired) electrons. The van der Waals surface area contributed by atoms with Crippen molar-refractivity contribution in [2.24, 2.45) is 5.92 Å². The van der Waals surface area contributed by atoms with Gasteiger partial charge in [-0.1, -0.05) is 33.6 Å². The first-order valence-electron chi connectivity index (χ1n) is 7.16. The van der Waals surface area contributed by atoms with Gasteiger partial charge in [-0.2, -0.15) is 0 Å². The highest BCUT2D eigenvalue weighted by Gasteiger charge is 2.26. The lowest BCUT2D eigenvalue weighted by Gasteiger charge is -2.27. The van der Waals surface area contributed by atoms with Crippen LogP contribution in [0.15, 0.2) is 0 Å². The lowest BCUT2D eigenvalue weighted by molar-refractivity contribution is 0.0692. The molecule has 0 saturated carbocycles. The van der Waals surface area contributed by atoms with Gasteiger partial charge < -0.3 is 10.1 Å². The summed E-state index contributed by atoms with van der Waals surface area (Å²) in [6.45, 7) is 8.94. The molecule has 1 saturated heterocycles. The molecule has 0 aromatic carbocycles. The molecule has 1 aliphatic rings. The third kappa shape index (κ3) is 4.42. The van der Waals surface area contributed by atoms with E-state index in [1.54, 1.807) is 0 Å². The molecule has 1 N–H and O–H groups in total. The van der Waals surface area contributed by atoms with Crippen molar-refractivity contribution in [2.75, 3.05) is 13.2 Å². The van der Waals surface area contributed by atoms with Gasteiger partial charge in [-0.25, -0.2) is 0 Å². The van der Waals surface area contributed by atoms with Crippen LogP contribution < -0.4 is 5.32 Å².